The van der Waals surface area contributed by atoms with Gasteiger partial charge in [-0.15, -0.1) is 0 Å². The van der Waals surface area contributed by atoms with E-state index in [1.54, 1.807) is 0 Å². The number of nitrogens with zero attached hydrogens (tertiary/aromatic N) is 2. The third kappa shape index (κ3) is 2.91. The first kappa shape index (κ1) is 14.4. The Labute approximate surface area is 164 Å². The Kier molecular flexibility index (Phi) is 3.30. The zero-order valence-corrected chi connectivity index (χ0v) is 16.6. The molecule has 1 aromatic carbocycles. The zero-order chi connectivity index (χ0) is 21.8. The van der Waals surface area contributed by atoms with Crippen molar-refractivity contribution in [1.82, 2.24) is 4.98 Å². The highest BCUT2D eigenvalue weighted by Gasteiger charge is 2.22. The Morgan fingerprint density at radius 3 is 2.56 bits per heavy atom. The van der Waals surface area contributed by atoms with Crippen LogP contribution in [0.3, 0.4) is 0 Å². The van der Waals surface area contributed by atoms with Crippen molar-refractivity contribution < 1.29 is 13.1 Å². The minimum atomic E-state index is -1.99. The van der Waals surface area contributed by atoms with Crippen molar-refractivity contribution in [3.63, 3.8) is 0 Å². The van der Waals surface area contributed by atoms with Gasteiger partial charge < -0.3 is 4.42 Å². The molecule has 3 heterocycles. The van der Waals surface area contributed by atoms with E-state index in [1.807, 2.05) is 29.9 Å². The van der Waals surface area contributed by atoms with Gasteiger partial charge in [-0.1, -0.05) is 39.8 Å². The molecule has 0 spiro atoms. The molecule has 27 heavy (non-hydrogen) atoms. The first-order chi connectivity index (χ1) is 13.9. The summed E-state index contributed by atoms with van der Waals surface area (Å²) >= 11 is 0. The van der Waals surface area contributed by atoms with Crippen LogP contribution in [0.25, 0.3) is 33.3 Å². The number of hydrogen-bond acceptors (Lipinski definition) is 2. The van der Waals surface area contributed by atoms with Crippen molar-refractivity contribution in [1.29, 1.82) is 0 Å². The van der Waals surface area contributed by atoms with E-state index in [2.05, 4.69) is 52.0 Å². The molecule has 3 aromatic heterocycles. The number of aryl methyl sites for hydroxylation is 3. The molecule has 3 nitrogen and oxygen atoms in total. The first-order valence-electron chi connectivity index (χ1n) is 10.8. The second-order valence-electron chi connectivity index (χ2n) is 8.25. The highest BCUT2D eigenvalue weighted by Crippen LogP contribution is 2.37. The standard InChI is InChI=1S/C24H27N2O/c1-7-16-9-12-19(26(6)14-16)21-15(2)8-10-17-18-11-13-20(24(3,4)5)25-23(18)27-22(17)21/h8-14H,7H2,1-6H3/q+1/i1D3. The van der Waals surface area contributed by atoms with Gasteiger partial charge in [0.15, 0.2) is 11.8 Å². The molecular formula is C24H27N2O+. The smallest absolute Gasteiger partial charge is 0.227 e. The maximum atomic E-state index is 7.52. The lowest BCUT2D eigenvalue weighted by molar-refractivity contribution is -0.660. The molecule has 138 valence electrons. The predicted molar refractivity (Wildman–Crippen MR) is 111 cm³/mol. The average molecular weight is 363 g/mol. The van der Waals surface area contributed by atoms with Gasteiger partial charge in [0.05, 0.1) is 5.56 Å². The van der Waals surface area contributed by atoms with Crippen molar-refractivity contribution in [2.75, 3.05) is 0 Å². The predicted octanol–water partition coefficient (Wildman–Crippen LogP) is 5.64. The maximum Gasteiger partial charge on any atom is 0.227 e. The van der Waals surface area contributed by atoms with Crippen LogP contribution in [0.15, 0.2) is 47.0 Å². The van der Waals surface area contributed by atoms with E-state index < -0.39 is 6.85 Å². The average Bonchev–Trinajstić information content (AvgIpc) is 2.98. The number of aromatic nitrogens is 2. The lowest BCUT2D eigenvalue weighted by atomic mass is 9.91. The summed E-state index contributed by atoms with van der Waals surface area (Å²) in [6.07, 6.45) is 1.94. The summed E-state index contributed by atoms with van der Waals surface area (Å²) in [4.78, 5) is 4.79. The fourth-order valence-electron chi connectivity index (χ4n) is 3.58. The second kappa shape index (κ2) is 6.19. The first-order valence-corrected chi connectivity index (χ1v) is 9.26. The van der Waals surface area contributed by atoms with Gasteiger partial charge in [0, 0.05) is 37.6 Å². The fourth-order valence-corrected chi connectivity index (χ4v) is 3.58. The summed E-state index contributed by atoms with van der Waals surface area (Å²) in [6, 6.07) is 12.2. The van der Waals surface area contributed by atoms with Gasteiger partial charge in [0.1, 0.15) is 7.05 Å². The molecule has 0 unspecified atom stereocenters. The minimum absolute atomic E-state index is 0.0500. The lowest BCUT2D eigenvalue weighted by Gasteiger charge is -2.16. The van der Waals surface area contributed by atoms with Crippen molar-refractivity contribution in [3.8, 4) is 11.3 Å². The highest BCUT2D eigenvalue weighted by atomic mass is 16.3. The molecule has 0 amide bonds. The van der Waals surface area contributed by atoms with Crippen molar-refractivity contribution in [2.24, 2.45) is 7.05 Å². The van der Waals surface area contributed by atoms with Crippen LogP contribution in [-0.4, -0.2) is 4.98 Å². The monoisotopic (exact) mass is 362 g/mol. The molecule has 0 radical (unpaired) electrons. The van der Waals surface area contributed by atoms with Gasteiger partial charge in [0.25, 0.3) is 0 Å². The van der Waals surface area contributed by atoms with Crippen LogP contribution < -0.4 is 4.57 Å². The number of furan rings is 1. The third-order valence-corrected chi connectivity index (χ3v) is 5.14. The molecule has 0 fully saturated rings. The zero-order valence-electron chi connectivity index (χ0n) is 19.6. The van der Waals surface area contributed by atoms with Crippen LogP contribution in [0.1, 0.15) is 48.6 Å². The van der Waals surface area contributed by atoms with Crippen molar-refractivity contribution >= 4 is 22.1 Å². The van der Waals surface area contributed by atoms with Crippen LogP contribution in [0.4, 0.5) is 0 Å². The number of fused-ring (bicyclic) bond motifs is 3. The van der Waals surface area contributed by atoms with Crippen LogP contribution in [0, 0.1) is 6.92 Å². The summed E-state index contributed by atoms with van der Waals surface area (Å²) < 4.78 is 30.9. The Bertz CT molecular complexity index is 1260. The summed E-state index contributed by atoms with van der Waals surface area (Å²) in [7, 11) is 1.94. The van der Waals surface area contributed by atoms with E-state index in [-0.39, 0.29) is 11.8 Å². The van der Waals surface area contributed by atoms with E-state index in [1.165, 1.54) is 0 Å². The molecule has 4 aromatic rings. The Hall–Kier alpha value is -2.68. The van der Waals surface area contributed by atoms with Crippen LogP contribution >= 0.6 is 0 Å². The molecule has 0 saturated carbocycles. The molecule has 0 saturated heterocycles. The van der Waals surface area contributed by atoms with E-state index >= 15 is 0 Å². The summed E-state index contributed by atoms with van der Waals surface area (Å²) in [5.74, 6) is 0. The van der Waals surface area contributed by atoms with Crippen LogP contribution in [0.2, 0.25) is 0 Å². The van der Waals surface area contributed by atoms with E-state index in [0.29, 0.717) is 5.71 Å². The molecule has 3 heteroatoms. The lowest BCUT2D eigenvalue weighted by Crippen LogP contribution is -2.31. The van der Waals surface area contributed by atoms with E-state index in [0.717, 1.165) is 44.4 Å². The molecule has 0 atom stereocenters. The Morgan fingerprint density at radius 1 is 1.07 bits per heavy atom. The van der Waals surface area contributed by atoms with Gasteiger partial charge in [-0.3, -0.25) is 0 Å². The maximum absolute atomic E-state index is 7.52. The molecule has 0 bridgehead atoms. The summed E-state index contributed by atoms with van der Waals surface area (Å²) in [5, 5.41) is 2.03. The minimum Gasteiger partial charge on any atom is -0.437 e. The molecule has 0 aliphatic rings. The molecule has 0 aliphatic carbocycles. The van der Waals surface area contributed by atoms with Crippen molar-refractivity contribution in [3.05, 3.63) is 59.4 Å². The molecule has 0 N–H and O–H groups in total. The SMILES string of the molecule is [2H]C([2H])([2H])Cc1ccc(-c2c(C)ccc3c2oc2nc(C(C)(C)C)ccc23)[n+](C)c1. The van der Waals surface area contributed by atoms with Crippen molar-refractivity contribution in [2.45, 2.75) is 46.4 Å². The number of benzene rings is 1. The molecular weight excluding hydrogens is 332 g/mol. The number of rotatable bonds is 2. The van der Waals surface area contributed by atoms with Crippen LogP contribution in [-0.2, 0) is 18.9 Å². The fraction of sp³-hybridized carbons (Fsp3) is 0.333. The number of pyridine rings is 2. The summed E-state index contributed by atoms with van der Waals surface area (Å²) in [5.41, 5.74) is 6.24. The largest absolute Gasteiger partial charge is 0.437 e. The Morgan fingerprint density at radius 2 is 1.85 bits per heavy atom. The normalized spacial score (nSPS) is 14.3. The van der Waals surface area contributed by atoms with Gasteiger partial charge in [-0.05, 0) is 37.1 Å². The Balaban J connectivity index is 1.91. The molecule has 4 rings (SSSR count). The second-order valence-corrected chi connectivity index (χ2v) is 8.25. The molecule has 0 aliphatic heterocycles. The number of hydrogen-bond donors (Lipinski definition) is 0. The van der Waals surface area contributed by atoms with E-state index in [9.17, 15) is 0 Å². The van der Waals surface area contributed by atoms with Gasteiger partial charge >= 0.3 is 0 Å². The topological polar surface area (TPSA) is 29.9 Å². The van der Waals surface area contributed by atoms with Gasteiger partial charge in [-0.25, -0.2) is 9.55 Å². The summed E-state index contributed by atoms with van der Waals surface area (Å²) in [6.45, 7) is 6.49. The van der Waals surface area contributed by atoms with Gasteiger partial charge in [-0.2, -0.15) is 0 Å². The van der Waals surface area contributed by atoms with Gasteiger partial charge in [0.2, 0.25) is 11.4 Å². The van der Waals surface area contributed by atoms with E-state index in [4.69, 9.17) is 13.5 Å². The highest BCUT2D eigenvalue weighted by molar-refractivity contribution is 6.08. The van der Waals surface area contributed by atoms with Crippen LogP contribution in [0.5, 0.6) is 0 Å². The quantitative estimate of drug-likeness (QED) is 0.432. The third-order valence-electron chi connectivity index (χ3n) is 5.14.